The Labute approximate surface area is 216 Å². The Morgan fingerprint density at radius 1 is 1.22 bits per heavy atom. The van der Waals surface area contributed by atoms with Gasteiger partial charge in [0.25, 0.3) is 0 Å². The minimum Gasteiger partial charge on any atom is -0.508 e. The lowest BCUT2D eigenvalue weighted by molar-refractivity contribution is -0.132. The van der Waals surface area contributed by atoms with Gasteiger partial charge in [-0.25, -0.2) is 0 Å². The lowest BCUT2D eigenvalue weighted by Crippen LogP contribution is -2.45. The predicted molar refractivity (Wildman–Crippen MR) is 147 cm³/mol. The van der Waals surface area contributed by atoms with E-state index >= 15 is 0 Å². The maximum absolute atomic E-state index is 13.5. The zero-order valence-corrected chi connectivity index (χ0v) is 23.5. The largest absolute Gasteiger partial charge is 0.508 e. The first-order chi connectivity index (χ1) is 16.9. The molecule has 1 aliphatic heterocycles. The van der Waals surface area contributed by atoms with Crippen molar-refractivity contribution >= 4 is 25.0 Å². The monoisotopic (exact) mass is 508 g/mol. The average molecular weight is 509 g/mol. The van der Waals surface area contributed by atoms with E-state index in [2.05, 4.69) is 38.8 Å². The molecule has 2 heterocycles. The third-order valence-corrected chi connectivity index (χ3v) is 12.5. The van der Waals surface area contributed by atoms with Crippen LogP contribution >= 0.6 is 0 Å². The lowest BCUT2D eigenvalue weighted by Gasteiger charge is -2.38. The Bertz CT molecular complexity index is 1200. The molecule has 2 aromatic carbocycles. The van der Waals surface area contributed by atoms with Gasteiger partial charge in [-0.05, 0) is 42.2 Å². The van der Waals surface area contributed by atoms with E-state index in [0.717, 1.165) is 35.8 Å². The second-order valence-electron chi connectivity index (χ2n) is 11.6. The number of carbonyl (C=O) groups is 1. The van der Waals surface area contributed by atoms with Crippen LogP contribution < -0.4 is 0 Å². The summed E-state index contributed by atoms with van der Waals surface area (Å²) in [5.41, 5.74) is 0.920. The normalized spacial score (nSPS) is 18.0. The maximum atomic E-state index is 13.5. The zero-order chi connectivity index (χ0) is 26.1. The van der Waals surface area contributed by atoms with E-state index in [1.807, 2.05) is 43.4 Å². The smallest absolute Gasteiger partial charge is 0.230 e. The van der Waals surface area contributed by atoms with Crippen molar-refractivity contribution in [2.45, 2.75) is 63.9 Å². The van der Waals surface area contributed by atoms with E-state index in [4.69, 9.17) is 8.84 Å². The van der Waals surface area contributed by atoms with E-state index in [1.165, 1.54) is 0 Å². The van der Waals surface area contributed by atoms with Gasteiger partial charge in [0.15, 0.2) is 8.32 Å². The maximum Gasteiger partial charge on any atom is 0.230 e. The molecule has 1 saturated heterocycles. The highest BCUT2D eigenvalue weighted by Crippen LogP contribution is 2.38. The van der Waals surface area contributed by atoms with Crippen molar-refractivity contribution < 1.29 is 18.7 Å². The molecule has 0 unspecified atom stereocenters. The fraction of sp³-hybridized carbons (Fsp3) is 0.483. The third-order valence-electron chi connectivity index (χ3n) is 7.94. The SMILES string of the molecule is CN(C(=O)Cc1occ2ccccc12)[C@H](CN1CC[C@@H](O[Si](C)(C)C(C)(C)C)C1)c1cccc(O)c1. The van der Waals surface area contributed by atoms with E-state index in [0.29, 0.717) is 12.3 Å². The van der Waals surface area contributed by atoms with Crippen LogP contribution in [0.1, 0.15) is 44.6 Å². The van der Waals surface area contributed by atoms with Crippen molar-refractivity contribution in [3.05, 3.63) is 66.1 Å². The fourth-order valence-electron chi connectivity index (χ4n) is 4.71. The molecule has 0 spiro atoms. The minimum atomic E-state index is -1.84. The Kier molecular flexibility index (Phi) is 7.64. The second kappa shape index (κ2) is 10.4. The summed E-state index contributed by atoms with van der Waals surface area (Å²) in [5, 5.41) is 12.3. The second-order valence-corrected chi connectivity index (χ2v) is 16.3. The highest BCUT2D eigenvalue weighted by Gasteiger charge is 2.41. The summed E-state index contributed by atoms with van der Waals surface area (Å²) in [6, 6.07) is 14.9. The van der Waals surface area contributed by atoms with E-state index in [9.17, 15) is 9.90 Å². The molecule has 0 radical (unpaired) electrons. The van der Waals surface area contributed by atoms with E-state index < -0.39 is 8.32 Å². The van der Waals surface area contributed by atoms with Crippen LogP contribution in [0.3, 0.4) is 0 Å². The number of furan rings is 1. The molecule has 6 nitrogen and oxygen atoms in total. The number of rotatable bonds is 8. The summed E-state index contributed by atoms with van der Waals surface area (Å²) >= 11 is 0. The molecule has 3 aromatic rings. The number of likely N-dealkylation sites (N-methyl/N-ethyl adjacent to an activating group) is 1. The van der Waals surface area contributed by atoms with Crippen molar-refractivity contribution in [2.75, 3.05) is 26.7 Å². The van der Waals surface area contributed by atoms with E-state index in [-0.39, 0.29) is 35.3 Å². The Morgan fingerprint density at radius 2 is 1.97 bits per heavy atom. The molecule has 194 valence electrons. The highest BCUT2D eigenvalue weighted by atomic mass is 28.4. The number of hydrogen-bond donors (Lipinski definition) is 1. The third kappa shape index (κ3) is 5.85. The van der Waals surface area contributed by atoms with Crippen molar-refractivity contribution in [3.8, 4) is 5.75 Å². The highest BCUT2D eigenvalue weighted by molar-refractivity contribution is 6.74. The summed E-state index contributed by atoms with van der Waals surface area (Å²) in [6.07, 6.45) is 3.11. The predicted octanol–water partition coefficient (Wildman–Crippen LogP) is 5.98. The Hall–Kier alpha value is -2.61. The number of likely N-dealkylation sites (tertiary alicyclic amines) is 1. The van der Waals surface area contributed by atoms with Crippen LogP contribution in [0.5, 0.6) is 5.75 Å². The first kappa shape index (κ1) is 26.4. The van der Waals surface area contributed by atoms with Gasteiger partial charge in [0, 0.05) is 37.5 Å². The number of amides is 1. The van der Waals surface area contributed by atoms with Crippen LogP contribution in [0.25, 0.3) is 10.8 Å². The molecule has 1 fully saturated rings. The number of phenols is 1. The van der Waals surface area contributed by atoms with Gasteiger partial charge in [-0.3, -0.25) is 9.69 Å². The van der Waals surface area contributed by atoms with Crippen LogP contribution in [0.15, 0.2) is 59.2 Å². The molecule has 1 aliphatic rings. The summed E-state index contributed by atoms with van der Waals surface area (Å²) < 4.78 is 12.4. The van der Waals surface area contributed by atoms with Gasteiger partial charge in [0.2, 0.25) is 5.91 Å². The number of nitrogens with zero attached hydrogens (tertiary/aromatic N) is 2. The average Bonchev–Trinajstić information content (AvgIpc) is 3.42. The van der Waals surface area contributed by atoms with Crippen molar-refractivity contribution in [1.82, 2.24) is 9.80 Å². The number of carbonyl (C=O) groups excluding carboxylic acids is 1. The molecule has 1 N–H and O–H groups in total. The number of fused-ring (bicyclic) bond motifs is 1. The fourth-order valence-corrected chi connectivity index (χ4v) is 6.08. The molecule has 0 saturated carbocycles. The lowest BCUT2D eigenvalue weighted by atomic mass is 10.0. The number of phenolic OH excluding ortho intramolecular Hbond substituents is 1. The van der Waals surface area contributed by atoms with Crippen LogP contribution in [0.2, 0.25) is 18.1 Å². The topological polar surface area (TPSA) is 66.2 Å². The Balaban J connectivity index is 1.49. The van der Waals surface area contributed by atoms with Gasteiger partial charge in [-0.15, -0.1) is 0 Å². The van der Waals surface area contributed by atoms with Gasteiger partial charge >= 0.3 is 0 Å². The molecule has 0 aliphatic carbocycles. The Morgan fingerprint density at radius 3 is 2.69 bits per heavy atom. The van der Waals surface area contributed by atoms with Crippen LogP contribution in [-0.2, 0) is 15.6 Å². The quantitative estimate of drug-likeness (QED) is 0.379. The van der Waals surface area contributed by atoms with Crippen molar-refractivity contribution in [1.29, 1.82) is 0 Å². The summed E-state index contributed by atoms with van der Waals surface area (Å²) in [4.78, 5) is 17.6. The molecule has 2 atom stereocenters. The number of benzene rings is 2. The van der Waals surface area contributed by atoms with Gasteiger partial charge in [-0.1, -0.05) is 57.2 Å². The van der Waals surface area contributed by atoms with Crippen molar-refractivity contribution in [2.24, 2.45) is 0 Å². The zero-order valence-electron chi connectivity index (χ0n) is 22.5. The summed E-state index contributed by atoms with van der Waals surface area (Å²) in [6.45, 7) is 13.9. The molecular formula is C29H40N2O4Si. The molecule has 7 heteroatoms. The first-order valence-corrected chi connectivity index (χ1v) is 15.8. The summed E-state index contributed by atoms with van der Waals surface area (Å²) in [5.74, 6) is 0.869. The van der Waals surface area contributed by atoms with Crippen LogP contribution in [-0.4, -0.2) is 61.9 Å². The van der Waals surface area contributed by atoms with Crippen LogP contribution in [0.4, 0.5) is 0 Å². The van der Waals surface area contributed by atoms with Crippen LogP contribution in [0, 0.1) is 0 Å². The molecule has 36 heavy (non-hydrogen) atoms. The number of aromatic hydroxyl groups is 1. The van der Waals surface area contributed by atoms with Gasteiger partial charge in [0.05, 0.1) is 24.8 Å². The minimum absolute atomic E-state index is 0.0169. The van der Waals surface area contributed by atoms with Gasteiger partial charge in [0.1, 0.15) is 11.5 Å². The van der Waals surface area contributed by atoms with Gasteiger partial charge < -0.3 is 18.8 Å². The first-order valence-electron chi connectivity index (χ1n) is 12.8. The molecule has 1 aromatic heterocycles. The molecule has 4 rings (SSSR count). The number of hydrogen-bond acceptors (Lipinski definition) is 5. The van der Waals surface area contributed by atoms with Gasteiger partial charge in [-0.2, -0.15) is 0 Å². The molecule has 1 amide bonds. The summed E-state index contributed by atoms with van der Waals surface area (Å²) in [7, 11) is 0.00466. The van der Waals surface area contributed by atoms with E-state index in [1.54, 1.807) is 23.3 Å². The molecular weight excluding hydrogens is 468 g/mol. The van der Waals surface area contributed by atoms with Crippen molar-refractivity contribution in [3.63, 3.8) is 0 Å². The molecule has 0 bridgehead atoms. The standard InChI is InChI=1S/C29H40N2O4Si/c1-29(2,3)36(5,6)35-24-14-15-31(18-24)19-26(21-11-9-12-23(32)16-21)30(4)28(33)17-27-25-13-8-7-10-22(25)20-34-27/h7-13,16,20,24,26,32H,14-15,17-19H2,1-6H3/t24-,26-/m1/s1.